The van der Waals surface area contributed by atoms with Crippen molar-refractivity contribution in [1.82, 2.24) is 4.90 Å². The van der Waals surface area contributed by atoms with Gasteiger partial charge in [-0.3, -0.25) is 19.1 Å². The van der Waals surface area contributed by atoms with E-state index in [2.05, 4.69) is 0 Å². The Labute approximate surface area is 104 Å². The third kappa shape index (κ3) is 1.99. The minimum atomic E-state index is -3.45. The highest BCUT2D eigenvalue weighted by Crippen LogP contribution is 2.47. The van der Waals surface area contributed by atoms with Crippen molar-refractivity contribution in [2.45, 2.75) is 0 Å². The van der Waals surface area contributed by atoms with Crippen LogP contribution in [-0.4, -0.2) is 37.2 Å². The highest BCUT2D eigenvalue weighted by atomic mass is 31.2. The summed E-state index contributed by atoms with van der Waals surface area (Å²) in [6.07, 6.45) is -0.383. The molecule has 96 valence electrons. The summed E-state index contributed by atoms with van der Waals surface area (Å²) in [6.45, 7) is 0. The summed E-state index contributed by atoms with van der Waals surface area (Å²) in [7, 11) is -1.03. The van der Waals surface area contributed by atoms with Crippen molar-refractivity contribution >= 4 is 19.4 Å². The molecule has 0 unspecified atom stereocenters. The predicted molar refractivity (Wildman–Crippen MR) is 63.4 cm³/mol. The van der Waals surface area contributed by atoms with Crippen molar-refractivity contribution in [3.05, 3.63) is 35.4 Å². The zero-order valence-electron chi connectivity index (χ0n) is 9.95. The van der Waals surface area contributed by atoms with Gasteiger partial charge in [-0.15, -0.1) is 0 Å². The Morgan fingerprint density at radius 1 is 1.06 bits per heavy atom. The Morgan fingerprint density at radius 2 is 1.50 bits per heavy atom. The van der Waals surface area contributed by atoms with Crippen LogP contribution in [0.25, 0.3) is 0 Å². The smallest absolute Gasteiger partial charge is 0.311 e. The molecule has 1 aromatic rings. The monoisotopic (exact) mass is 269 g/mol. The standard InChI is InChI=1S/C11H12NO5P/c1-16-18(15,17-2)7-12-10(13)8-5-3-4-6-9(8)11(12)14/h3-6H,7H2,1-2H3. The van der Waals surface area contributed by atoms with E-state index in [1.54, 1.807) is 24.3 Å². The molecule has 0 spiro atoms. The largest absolute Gasteiger partial charge is 0.349 e. The fourth-order valence-electron chi connectivity index (χ4n) is 1.73. The fourth-order valence-corrected chi connectivity index (χ4v) is 2.71. The topological polar surface area (TPSA) is 72.9 Å². The van der Waals surface area contributed by atoms with Crippen molar-refractivity contribution < 1.29 is 23.2 Å². The lowest BCUT2D eigenvalue weighted by Crippen LogP contribution is -2.31. The maximum absolute atomic E-state index is 12.0. The molecular weight excluding hydrogens is 257 g/mol. The molecule has 1 aliphatic heterocycles. The molecule has 0 aromatic heterocycles. The van der Waals surface area contributed by atoms with Gasteiger partial charge >= 0.3 is 7.60 Å². The third-order valence-corrected chi connectivity index (χ3v) is 4.49. The normalized spacial score (nSPS) is 15.1. The van der Waals surface area contributed by atoms with Crippen LogP contribution in [-0.2, 0) is 13.6 Å². The van der Waals surface area contributed by atoms with Crippen LogP contribution in [0.2, 0.25) is 0 Å². The van der Waals surface area contributed by atoms with Crippen molar-refractivity contribution in [3.8, 4) is 0 Å². The summed E-state index contributed by atoms with van der Waals surface area (Å²) < 4.78 is 21.4. The quantitative estimate of drug-likeness (QED) is 0.614. The molecule has 0 aliphatic carbocycles. The van der Waals surface area contributed by atoms with Crippen LogP contribution in [0.1, 0.15) is 20.7 Å². The lowest BCUT2D eigenvalue weighted by molar-refractivity contribution is 0.0667. The molecule has 0 atom stereocenters. The molecule has 1 heterocycles. The van der Waals surface area contributed by atoms with E-state index in [9.17, 15) is 14.2 Å². The van der Waals surface area contributed by atoms with E-state index in [4.69, 9.17) is 9.05 Å². The van der Waals surface area contributed by atoms with Gasteiger partial charge in [-0.05, 0) is 12.1 Å². The Balaban J connectivity index is 2.32. The molecule has 0 saturated carbocycles. The average molecular weight is 269 g/mol. The van der Waals surface area contributed by atoms with Gasteiger partial charge in [0, 0.05) is 14.2 Å². The van der Waals surface area contributed by atoms with E-state index in [-0.39, 0.29) is 6.29 Å². The Kier molecular flexibility index (Phi) is 3.34. The van der Waals surface area contributed by atoms with E-state index in [1.807, 2.05) is 0 Å². The number of carbonyl (C=O) groups is 2. The SMILES string of the molecule is COP(=O)(CN1C(=O)c2ccccc2C1=O)OC. The number of hydrogen-bond donors (Lipinski definition) is 0. The van der Waals surface area contributed by atoms with Crippen LogP contribution >= 0.6 is 7.60 Å². The highest BCUT2D eigenvalue weighted by molar-refractivity contribution is 7.53. The molecule has 2 amide bonds. The molecule has 6 nitrogen and oxygen atoms in total. The van der Waals surface area contributed by atoms with Crippen molar-refractivity contribution in [2.24, 2.45) is 0 Å². The zero-order chi connectivity index (χ0) is 13.3. The number of hydrogen-bond acceptors (Lipinski definition) is 5. The number of carbonyl (C=O) groups excluding carboxylic acids is 2. The summed E-state index contributed by atoms with van der Waals surface area (Å²) in [6, 6.07) is 6.44. The molecular formula is C11H12NO5P. The molecule has 0 N–H and O–H groups in total. The lowest BCUT2D eigenvalue weighted by atomic mass is 10.1. The molecule has 18 heavy (non-hydrogen) atoms. The predicted octanol–water partition coefficient (Wildman–Crippen LogP) is 1.73. The third-order valence-electron chi connectivity index (χ3n) is 2.75. The number of fused-ring (bicyclic) bond motifs is 1. The summed E-state index contributed by atoms with van der Waals surface area (Å²) in [4.78, 5) is 24.9. The zero-order valence-corrected chi connectivity index (χ0v) is 10.8. The summed E-state index contributed by atoms with van der Waals surface area (Å²) >= 11 is 0. The van der Waals surface area contributed by atoms with Crippen molar-refractivity contribution in [1.29, 1.82) is 0 Å². The van der Waals surface area contributed by atoms with Gasteiger partial charge < -0.3 is 9.05 Å². The molecule has 0 radical (unpaired) electrons. The van der Waals surface area contributed by atoms with Gasteiger partial charge in [0.2, 0.25) is 0 Å². The van der Waals surface area contributed by atoms with Gasteiger partial charge in [0.15, 0.2) is 0 Å². The van der Waals surface area contributed by atoms with E-state index in [1.165, 1.54) is 14.2 Å². The first-order valence-corrected chi connectivity index (χ1v) is 6.91. The Hall–Kier alpha value is -1.49. The molecule has 1 aliphatic rings. The van der Waals surface area contributed by atoms with E-state index < -0.39 is 19.4 Å². The van der Waals surface area contributed by atoms with Gasteiger partial charge in [0.25, 0.3) is 11.8 Å². The minimum Gasteiger partial charge on any atom is -0.311 e. The van der Waals surface area contributed by atoms with Gasteiger partial charge in [0.1, 0.15) is 6.29 Å². The first-order valence-electron chi connectivity index (χ1n) is 5.18. The Morgan fingerprint density at radius 3 is 1.89 bits per heavy atom. The number of rotatable bonds is 4. The van der Waals surface area contributed by atoms with E-state index in [0.29, 0.717) is 11.1 Å². The molecule has 0 bridgehead atoms. The van der Waals surface area contributed by atoms with Gasteiger partial charge in [-0.1, -0.05) is 12.1 Å². The highest BCUT2D eigenvalue weighted by Gasteiger charge is 2.40. The number of amides is 2. The second kappa shape index (κ2) is 4.65. The Bertz CT molecular complexity index is 513. The number of benzene rings is 1. The fraction of sp³-hybridized carbons (Fsp3) is 0.273. The number of imide groups is 1. The first kappa shape index (κ1) is 13.0. The average Bonchev–Trinajstić information content (AvgIpc) is 2.64. The molecule has 0 saturated heterocycles. The molecule has 0 fully saturated rings. The summed E-state index contributed by atoms with van der Waals surface area (Å²) in [5.74, 6) is -0.963. The van der Waals surface area contributed by atoms with Crippen molar-refractivity contribution in [3.63, 3.8) is 0 Å². The molecule has 7 heteroatoms. The van der Waals surface area contributed by atoms with Crippen LogP contribution in [0.3, 0.4) is 0 Å². The molecule has 2 rings (SSSR count). The first-order chi connectivity index (χ1) is 8.52. The van der Waals surface area contributed by atoms with Crippen LogP contribution < -0.4 is 0 Å². The van der Waals surface area contributed by atoms with Crippen LogP contribution in [0.5, 0.6) is 0 Å². The lowest BCUT2D eigenvalue weighted by Gasteiger charge is -2.19. The van der Waals surface area contributed by atoms with E-state index in [0.717, 1.165) is 4.90 Å². The second-order valence-corrected chi connectivity index (χ2v) is 5.94. The van der Waals surface area contributed by atoms with E-state index >= 15 is 0 Å². The van der Waals surface area contributed by atoms with Gasteiger partial charge in [0.05, 0.1) is 11.1 Å². The maximum Gasteiger partial charge on any atom is 0.349 e. The van der Waals surface area contributed by atoms with Gasteiger partial charge in [-0.25, -0.2) is 0 Å². The van der Waals surface area contributed by atoms with Crippen molar-refractivity contribution in [2.75, 3.05) is 20.5 Å². The molecule has 1 aromatic carbocycles. The van der Waals surface area contributed by atoms with Crippen LogP contribution in [0, 0.1) is 0 Å². The maximum atomic E-state index is 12.0. The number of nitrogens with zero attached hydrogens (tertiary/aromatic N) is 1. The van der Waals surface area contributed by atoms with Crippen LogP contribution in [0.15, 0.2) is 24.3 Å². The second-order valence-electron chi connectivity index (χ2n) is 3.70. The minimum absolute atomic E-state index is 0.307. The summed E-state index contributed by atoms with van der Waals surface area (Å²) in [5, 5.41) is 0. The van der Waals surface area contributed by atoms with Gasteiger partial charge in [-0.2, -0.15) is 0 Å². The summed E-state index contributed by atoms with van der Waals surface area (Å²) in [5.41, 5.74) is 0.613. The van der Waals surface area contributed by atoms with Crippen LogP contribution in [0.4, 0.5) is 0 Å².